The van der Waals surface area contributed by atoms with E-state index in [0.29, 0.717) is 21.4 Å². The van der Waals surface area contributed by atoms with Crippen LogP contribution in [0.15, 0.2) is 66.9 Å². The summed E-state index contributed by atoms with van der Waals surface area (Å²) in [6.07, 6.45) is 1.63. The highest BCUT2D eigenvalue weighted by molar-refractivity contribution is 6.44. The molecule has 1 heterocycles. The van der Waals surface area contributed by atoms with E-state index in [-0.39, 0.29) is 11.9 Å². The van der Waals surface area contributed by atoms with Crippen molar-refractivity contribution >= 4 is 40.5 Å². The maximum absolute atomic E-state index is 12.3. The molecular formula is C20H17Cl2N3O. The lowest BCUT2D eigenvalue weighted by Gasteiger charge is -2.15. The Bertz CT molecular complexity index is 899. The van der Waals surface area contributed by atoms with Crippen molar-refractivity contribution in [3.63, 3.8) is 0 Å². The number of anilines is 2. The first kappa shape index (κ1) is 18.2. The third-order valence-electron chi connectivity index (χ3n) is 3.88. The van der Waals surface area contributed by atoms with E-state index in [1.165, 1.54) is 5.56 Å². The lowest BCUT2D eigenvalue weighted by Crippen LogP contribution is -2.14. The normalized spacial score (nSPS) is 11.7. The smallest absolute Gasteiger partial charge is 0.274 e. The van der Waals surface area contributed by atoms with Crippen LogP contribution in [0.4, 0.5) is 11.4 Å². The zero-order valence-electron chi connectivity index (χ0n) is 14.0. The third kappa shape index (κ3) is 4.34. The van der Waals surface area contributed by atoms with E-state index in [1.54, 1.807) is 30.5 Å². The van der Waals surface area contributed by atoms with Crippen LogP contribution in [0.5, 0.6) is 0 Å². The Balaban J connectivity index is 1.67. The molecule has 0 fully saturated rings. The number of amides is 1. The van der Waals surface area contributed by atoms with Gasteiger partial charge in [-0.25, -0.2) is 4.98 Å². The maximum Gasteiger partial charge on any atom is 0.274 e. The second-order valence-electron chi connectivity index (χ2n) is 5.76. The fourth-order valence-electron chi connectivity index (χ4n) is 2.48. The molecule has 0 aliphatic carbocycles. The first-order valence-electron chi connectivity index (χ1n) is 8.07. The summed E-state index contributed by atoms with van der Waals surface area (Å²) in [5.41, 5.74) is 2.74. The summed E-state index contributed by atoms with van der Waals surface area (Å²) >= 11 is 12.0. The van der Waals surface area contributed by atoms with Gasteiger partial charge >= 0.3 is 0 Å². The van der Waals surface area contributed by atoms with Crippen molar-refractivity contribution < 1.29 is 4.79 Å². The second kappa shape index (κ2) is 8.21. The average Bonchev–Trinajstić information content (AvgIpc) is 2.66. The first-order chi connectivity index (χ1) is 12.5. The number of benzene rings is 2. The molecule has 4 nitrogen and oxygen atoms in total. The van der Waals surface area contributed by atoms with Crippen LogP contribution in [0, 0.1) is 0 Å². The minimum atomic E-state index is -0.350. The highest BCUT2D eigenvalue weighted by Gasteiger charge is 2.12. The van der Waals surface area contributed by atoms with E-state index in [4.69, 9.17) is 23.2 Å². The van der Waals surface area contributed by atoms with Crippen molar-refractivity contribution in [2.24, 2.45) is 0 Å². The van der Waals surface area contributed by atoms with E-state index >= 15 is 0 Å². The summed E-state index contributed by atoms with van der Waals surface area (Å²) in [5.74, 6) is -0.350. The van der Waals surface area contributed by atoms with Crippen molar-refractivity contribution in [2.45, 2.75) is 13.0 Å². The molecule has 0 spiro atoms. The predicted molar refractivity (Wildman–Crippen MR) is 107 cm³/mol. The fraction of sp³-hybridized carbons (Fsp3) is 0.100. The Morgan fingerprint density at radius 2 is 1.77 bits per heavy atom. The number of aromatic nitrogens is 1. The zero-order chi connectivity index (χ0) is 18.5. The van der Waals surface area contributed by atoms with Crippen molar-refractivity contribution in [2.75, 3.05) is 10.6 Å². The highest BCUT2D eigenvalue weighted by atomic mass is 35.5. The van der Waals surface area contributed by atoms with Crippen LogP contribution >= 0.6 is 23.2 Å². The SMILES string of the molecule is CC(Nc1ccc(C(=O)Nc2cccc(Cl)c2Cl)nc1)c1ccccc1. The van der Waals surface area contributed by atoms with Crippen molar-refractivity contribution in [1.82, 2.24) is 4.98 Å². The number of halogens is 2. The van der Waals surface area contributed by atoms with Gasteiger partial charge in [-0.3, -0.25) is 4.79 Å². The quantitative estimate of drug-likeness (QED) is 0.582. The molecule has 0 radical (unpaired) electrons. The summed E-state index contributed by atoms with van der Waals surface area (Å²) in [6.45, 7) is 2.07. The molecule has 0 bridgehead atoms. The molecule has 0 saturated heterocycles. The summed E-state index contributed by atoms with van der Waals surface area (Å²) in [5, 5.41) is 6.76. The summed E-state index contributed by atoms with van der Waals surface area (Å²) in [7, 11) is 0. The van der Waals surface area contributed by atoms with Crippen molar-refractivity contribution in [3.05, 3.63) is 88.2 Å². The minimum absolute atomic E-state index is 0.128. The summed E-state index contributed by atoms with van der Waals surface area (Å²) < 4.78 is 0. The largest absolute Gasteiger partial charge is 0.377 e. The van der Waals surface area contributed by atoms with Crippen molar-refractivity contribution in [1.29, 1.82) is 0 Å². The molecule has 0 aliphatic heterocycles. The molecule has 2 aromatic carbocycles. The predicted octanol–water partition coefficient (Wildman–Crippen LogP) is 5.81. The van der Waals surface area contributed by atoms with Gasteiger partial charge in [0, 0.05) is 6.04 Å². The van der Waals surface area contributed by atoms with E-state index in [1.807, 2.05) is 24.3 Å². The minimum Gasteiger partial charge on any atom is -0.377 e. The van der Waals surface area contributed by atoms with Gasteiger partial charge in [0.15, 0.2) is 0 Å². The molecule has 132 valence electrons. The maximum atomic E-state index is 12.3. The van der Waals surface area contributed by atoms with E-state index in [9.17, 15) is 4.79 Å². The fourth-order valence-corrected chi connectivity index (χ4v) is 2.82. The first-order valence-corrected chi connectivity index (χ1v) is 8.83. The Morgan fingerprint density at radius 1 is 1.00 bits per heavy atom. The monoisotopic (exact) mass is 385 g/mol. The molecule has 1 amide bonds. The van der Waals surface area contributed by atoms with Crippen LogP contribution in [-0.4, -0.2) is 10.9 Å². The number of carbonyl (C=O) groups excluding carboxylic acids is 1. The molecule has 6 heteroatoms. The van der Waals surface area contributed by atoms with E-state index in [2.05, 4.69) is 34.7 Å². The molecule has 1 unspecified atom stereocenters. The number of nitrogens with one attached hydrogen (secondary N) is 2. The molecule has 3 rings (SSSR count). The van der Waals surface area contributed by atoms with Crippen LogP contribution in [0.1, 0.15) is 29.0 Å². The second-order valence-corrected chi connectivity index (χ2v) is 6.55. The molecule has 1 aromatic heterocycles. The van der Waals surface area contributed by atoms with Gasteiger partial charge in [-0.2, -0.15) is 0 Å². The summed E-state index contributed by atoms with van der Waals surface area (Å²) in [4.78, 5) is 16.6. The molecule has 0 saturated carbocycles. The van der Waals surface area contributed by atoms with Crippen LogP contribution in [0.2, 0.25) is 10.0 Å². The van der Waals surface area contributed by atoms with Crippen LogP contribution in [-0.2, 0) is 0 Å². The summed E-state index contributed by atoms with van der Waals surface area (Å²) in [6, 6.07) is 18.8. The Kier molecular flexibility index (Phi) is 5.76. The highest BCUT2D eigenvalue weighted by Crippen LogP contribution is 2.29. The van der Waals surface area contributed by atoms with Gasteiger partial charge in [-0.1, -0.05) is 59.6 Å². The average molecular weight is 386 g/mol. The van der Waals surface area contributed by atoms with Gasteiger partial charge in [0.05, 0.1) is 27.6 Å². The molecule has 26 heavy (non-hydrogen) atoms. The van der Waals surface area contributed by atoms with Crippen molar-refractivity contribution in [3.8, 4) is 0 Å². The Hall–Kier alpha value is -2.56. The van der Waals surface area contributed by atoms with Crippen LogP contribution < -0.4 is 10.6 Å². The van der Waals surface area contributed by atoms with Gasteiger partial charge in [0.25, 0.3) is 5.91 Å². The topological polar surface area (TPSA) is 54.0 Å². The molecule has 3 aromatic rings. The number of hydrogen-bond acceptors (Lipinski definition) is 3. The van der Waals surface area contributed by atoms with Gasteiger partial charge in [-0.05, 0) is 36.8 Å². The van der Waals surface area contributed by atoms with Gasteiger partial charge in [0.2, 0.25) is 0 Å². The number of carbonyl (C=O) groups is 1. The Labute approximate surface area is 162 Å². The van der Waals surface area contributed by atoms with E-state index < -0.39 is 0 Å². The number of rotatable bonds is 5. The van der Waals surface area contributed by atoms with Crippen LogP contribution in [0.3, 0.4) is 0 Å². The van der Waals surface area contributed by atoms with Gasteiger partial charge < -0.3 is 10.6 Å². The van der Waals surface area contributed by atoms with Gasteiger partial charge in [0.1, 0.15) is 5.69 Å². The molecular weight excluding hydrogens is 369 g/mol. The third-order valence-corrected chi connectivity index (χ3v) is 4.70. The number of hydrogen-bond donors (Lipinski definition) is 2. The number of nitrogens with zero attached hydrogens (tertiary/aromatic N) is 1. The molecule has 2 N–H and O–H groups in total. The van der Waals surface area contributed by atoms with Crippen LogP contribution in [0.25, 0.3) is 0 Å². The van der Waals surface area contributed by atoms with E-state index in [0.717, 1.165) is 5.69 Å². The number of pyridine rings is 1. The lowest BCUT2D eigenvalue weighted by atomic mass is 10.1. The molecule has 1 atom stereocenters. The standard InChI is InChI=1S/C20H17Cl2N3O/c1-13(14-6-3-2-4-7-14)24-15-10-11-18(23-12-15)20(26)25-17-9-5-8-16(21)19(17)22/h2-13,24H,1H3,(H,25,26). The van der Waals surface area contributed by atoms with Gasteiger partial charge in [-0.15, -0.1) is 0 Å². The Morgan fingerprint density at radius 3 is 2.46 bits per heavy atom. The lowest BCUT2D eigenvalue weighted by molar-refractivity contribution is 0.102. The zero-order valence-corrected chi connectivity index (χ0v) is 15.6. The molecule has 0 aliphatic rings.